The quantitative estimate of drug-likeness (QED) is 0.192. The molecule has 4 aliphatic heterocycles. The van der Waals surface area contributed by atoms with E-state index in [1.54, 1.807) is 13.0 Å². The number of hydrogen-bond donors (Lipinski definition) is 2. The van der Waals surface area contributed by atoms with E-state index in [0.717, 1.165) is 19.3 Å². The van der Waals surface area contributed by atoms with Crippen molar-refractivity contribution in [2.24, 2.45) is 22.9 Å². The molecule has 0 radical (unpaired) electrons. The number of oxime groups is 1. The molecule has 0 aromatic heterocycles. The summed E-state index contributed by atoms with van der Waals surface area (Å²) in [5.41, 5.74) is 0.916. The molecule has 214 valence electrons. The highest BCUT2D eigenvalue weighted by Crippen LogP contribution is 2.46. The fourth-order valence-corrected chi connectivity index (χ4v) is 6.85. The first-order chi connectivity index (χ1) is 18.5. The van der Waals surface area contributed by atoms with Crippen molar-refractivity contribution in [2.45, 2.75) is 109 Å². The Morgan fingerprint density at radius 1 is 1.13 bits per heavy atom. The lowest BCUT2D eigenvalue weighted by atomic mass is 9.71. The van der Waals surface area contributed by atoms with E-state index in [1.165, 1.54) is 5.57 Å². The molecule has 1 aliphatic carbocycles. The van der Waals surface area contributed by atoms with E-state index in [4.69, 9.17) is 18.9 Å². The van der Waals surface area contributed by atoms with E-state index in [2.05, 4.69) is 45.0 Å². The highest BCUT2D eigenvalue weighted by Gasteiger charge is 2.59. The number of carbonyl (C=O) groups is 1. The van der Waals surface area contributed by atoms with Gasteiger partial charge in [0.05, 0.1) is 18.8 Å². The summed E-state index contributed by atoms with van der Waals surface area (Å²) in [5, 5.41) is 25.2. The molecule has 3 fully saturated rings. The highest BCUT2D eigenvalue weighted by atomic mass is 16.7. The van der Waals surface area contributed by atoms with Gasteiger partial charge in [-0.05, 0) is 63.0 Å². The van der Waals surface area contributed by atoms with E-state index < -0.39 is 35.5 Å². The summed E-state index contributed by atoms with van der Waals surface area (Å²) in [6.45, 7) is 10.4. The molecule has 1 spiro atoms. The molecule has 0 aromatic rings. The molecule has 2 bridgehead atoms. The molecular formula is C31H43NO7. The van der Waals surface area contributed by atoms with Crippen molar-refractivity contribution in [3.63, 3.8) is 0 Å². The van der Waals surface area contributed by atoms with Crippen LogP contribution in [0.25, 0.3) is 0 Å². The van der Waals surface area contributed by atoms with Gasteiger partial charge in [0.25, 0.3) is 0 Å². The van der Waals surface area contributed by atoms with Crippen molar-refractivity contribution < 1.29 is 34.1 Å². The molecule has 8 nitrogen and oxygen atoms in total. The van der Waals surface area contributed by atoms with Gasteiger partial charge < -0.3 is 29.3 Å². The van der Waals surface area contributed by atoms with Crippen LogP contribution < -0.4 is 0 Å². The van der Waals surface area contributed by atoms with Crippen molar-refractivity contribution in [3.05, 3.63) is 47.1 Å². The molecule has 0 aromatic carbocycles. The number of esters is 1. The average molecular weight is 542 g/mol. The zero-order chi connectivity index (χ0) is 27.9. The maximum Gasteiger partial charge on any atom is 0.316 e. The molecule has 4 heterocycles. The predicted octanol–water partition coefficient (Wildman–Crippen LogP) is 5.00. The van der Waals surface area contributed by atoms with Crippen LogP contribution in [0.2, 0.25) is 0 Å². The molecule has 5 aliphatic rings. The molecule has 3 saturated heterocycles. The molecule has 0 amide bonds. The number of nitrogens with zero attached hydrogens (tertiary/aromatic N) is 1. The van der Waals surface area contributed by atoms with Crippen LogP contribution in [0, 0.1) is 17.8 Å². The SMILES string of the molecule is CC1=C[C@H]2C(=O)O[C@H]3C[C@@H](C/C=C(\C)C[C@@H](C)/C=C/C=C4\CO[C@H](/C1=N/O)[C@@]42O)O[C@@]1(CC[C@H](C)[C@@H](C)O1)C3. The number of hydrogen-bond acceptors (Lipinski definition) is 8. The van der Waals surface area contributed by atoms with Crippen LogP contribution in [0.4, 0.5) is 0 Å². The van der Waals surface area contributed by atoms with Crippen molar-refractivity contribution in [3.8, 4) is 0 Å². The van der Waals surface area contributed by atoms with Crippen LogP contribution in [0.15, 0.2) is 52.3 Å². The molecule has 0 saturated carbocycles. The Balaban J connectivity index is 1.53. The molecule has 9 atom stereocenters. The lowest BCUT2D eigenvalue weighted by Crippen LogP contribution is -2.57. The third kappa shape index (κ3) is 5.41. The van der Waals surface area contributed by atoms with Gasteiger partial charge in [-0.3, -0.25) is 4.79 Å². The molecule has 0 unspecified atom stereocenters. The van der Waals surface area contributed by atoms with Crippen LogP contribution in [-0.2, 0) is 23.7 Å². The molecule has 5 rings (SSSR count). The van der Waals surface area contributed by atoms with Gasteiger partial charge in [-0.2, -0.15) is 0 Å². The number of aliphatic hydroxyl groups is 1. The van der Waals surface area contributed by atoms with Gasteiger partial charge in [0.1, 0.15) is 29.4 Å². The summed E-state index contributed by atoms with van der Waals surface area (Å²) in [7, 11) is 0. The zero-order valence-corrected chi connectivity index (χ0v) is 23.8. The van der Waals surface area contributed by atoms with Crippen LogP contribution in [0.1, 0.15) is 73.1 Å². The molecule has 39 heavy (non-hydrogen) atoms. The lowest BCUT2D eigenvalue weighted by Gasteiger charge is -2.49. The van der Waals surface area contributed by atoms with Crippen molar-refractivity contribution in [2.75, 3.05) is 6.61 Å². The summed E-state index contributed by atoms with van der Waals surface area (Å²) in [6, 6.07) is 0. The van der Waals surface area contributed by atoms with E-state index in [9.17, 15) is 15.1 Å². The maximum absolute atomic E-state index is 13.9. The summed E-state index contributed by atoms with van der Waals surface area (Å²) >= 11 is 0. The zero-order valence-electron chi connectivity index (χ0n) is 23.8. The van der Waals surface area contributed by atoms with Crippen molar-refractivity contribution >= 4 is 11.7 Å². The summed E-state index contributed by atoms with van der Waals surface area (Å²) in [5.74, 6) is -1.62. The number of allylic oxidation sites excluding steroid dienone is 4. The summed E-state index contributed by atoms with van der Waals surface area (Å²) < 4.78 is 25.3. The van der Waals surface area contributed by atoms with E-state index in [-0.39, 0.29) is 30.4 Å². The second-order valence-electron chi connectivity index (χ2n) is 12.4. The Bertz CT molecular complexity index is 1120. The van der Waals surface area contributed by atoms with Gasteiger partial charge in [-0.15, -0.1) is 0 Å². The number of carbonyl (C=O) groups excluding carboxylic acids is 1. The van der Waals surface area contributed by atoms with Crippen LogP contribution in [0.5, 0.6) is 0 Å². The van der Waals surface area contributed by atoms with Gasteiger partial charge >= 0.3 is 5.97 Å². The van der Waals surface area contributed by atoms with Gasteiger partial charge in [-0.25, -0.2) is 0 Å². The van der Waals surface area contributed by atoms with Crippen molar-refractivity contribution in [1.82, 2.24) is 0 Å². The monoisotopic (exact) mass is 541 g/mol. The van der Waals surface area contributed by atoms with Crippen LogP contribution >= 0.6 is 0 Å². The minimum Gasteiger partial charge on any atom is -0.462 e. The normalized spacial score (nSPS) is 47.8. The first kappa shape index (κ1) is 28.3. The van der Waals surface area contributed by atoms with Crippen LogP contribution in [0.3, 0.4) is 0 Å². The maximum atomic E-state index is 13.9. The Kier molecular flexibility index (Phi) is 7.94. The van der Waals surface area contributed by atoms with Gasteiger partial charge in [0.2, 0.25) is 0 Å². The first-order valence-electron chi connectivity index (χ1n) is 14.4. The number of ether oxygens (including phenoxy) is 4. The minimum absolute atomic E-state index is 0.0431. The Morgan fingerprint density at radius 3 is 2.67 bits per heavy atom. The standard InChI is InChI=1S/C31H43NO7/c1-18-7-6-8-23-17-36-28-27(32-35)21(4)14-26(31(23,28)34)29(33)37-25-15-24(10-9-19(2)13-18)39-30(16-25)12-11-20(3)22(5)38-30/h6-9,14,18,20,22,24-26,28,34-35H,10-13,15-17H2,1-5H3/b7-6+,19-9+,23-8+,32-27+/t18-,20-,22+,24+,25-,26-,28+,30-,31+/m0/s1. The fourth-order valence-electron chi connectivity index (χ4n) is 6.85. The topological polar surface area (TPSA) is 107 Å². The largest absolute Gasteiger partial charge is 0.462 e. The second kappa shape index (κ2) is 11.0. The van der Waals surface area contributed by atoms with E-state index in [1.807, 2.05) is 12.2 Å². The smallest absolute Gasteiger partial charge is 0.316 e. The number of rotatable bonds is 0. The Morgan fingerprint density at radius 2 is 1.92 bits per heavy atom. The third-order valence-electron chi connectivity index (χ3n) is 9.25. The summed E-state index contributed by atoms with van der Waals surface area (Å²) in [6.07, 6.45) is 12.6. The van der Waals surface area contributed by atoms with E-state index >= 15 is 0 Å². The highest BCUT2D eigenvalue weighted by molar-refractivity contribution is 6.06. The van der Waals surface area contributed by atoms with Gasteiger partial charge in [0, 0.05) is 19.3 Å². The molecule has 8 heteroatoms. The van der Waals surface area contributed by atoms with Gasteiger partial charge in [0.15, 0.2) is 5.79 Å². The van der Waals surface area contributed by atoms with Crippen molar-refractivity contribution in [1.29, 1.82) is 0 Å². The second-order valence-corrected chi connectivity index (χ2v) is 12.4. The Hall–Kier alpha value is -2.26. The molecule has 2 N–H and O–H groups in total. The van der Waals surface area contributed by atoms with E-state index in [0.29, 0.717) is 36.3 Å². The number of fused-ring (bicyclic) bond motifs is 2. The average Bonchev–Trinajstić information content (AvgIpc) is 3.21. The van der Waals surface area contributed by atoms with Gasteiger partial charge in [-0.1, -0.05) is 55.0 Å². The third-order valence-corrected chi connectivity index (χ3v) is 9.25. The Labute approximate surface area is 231 Å². The fraction of sp³-hybridized carbons (Fsp3) is 0.677. The lowest BCUT2D eigenvalue weighted by molar-refractivity contribution is -0.332. The minimum atomic E-state index is -1.72. The van der Waals surface area contributed by atoms with Crippen LogP contribution in [-0.4, -0.2) is 64.4 Å². The summed E-state index contributed by atoms with van der Waals surface area (Å²) in [4.78, 5) is 13.9. The predicted molar refractivity (Wildman–Crippen MR) is 146 cm³/mol. The first-order valence-corrected chi connectivity index (χ1v) is 14.4. The molecular weight excluding hydrogens is 498 g/mol.